The molecule has 1 fully saturated rings. The highest BCUT2D eigenvalue weighted by Gasteiger charge is 2.33. The molecule has 3 aromatic rings. The molecule has 1 aromatic carbocycles. The van der Waals surface area contributed by atoms with Crippen LogP contribution < -0.4 is 19.1 Å². The van der Waals surface area contributed by atoms with Gasteiger partial charge in [-0.3, -0.25) is 9.78 Å². The van der Waals surface area contributed by atoms with E-state index in [1.165, 1.54) is 13.3 Å². The third-order valence-corrected chi connectivity index (χ3v) is 5.74. The normalized spacial score (nSPS) is 15.7. The monoisotopic (exact) mass is 464 g/mol. The number of pyridine rings is 2. The quantitative estimate of drug-likeness (QED) is 0.570. The van der Waals surface area contributed by atoms with Crippen LogP contribution in [0, 0.1) is 6.92 Å². The molecule has 34 heavy (non-hydrogen) atoms. The van der Waals surface area contributed by atoms with Gasteiger partial charge in [-0.1, -0.05) is 18.2 Å². The van der Waals surface area contributed by atoms with Gasteiger partial charge >= 0.3 is 0 Å². The molecule has 9 nitrogen and oxygen atoms in total. The molecule has 1 aliphatic rings. The summed E-state index contributed by atoms with van der Waals surface area (Å²) in [7, 11) is 3.13. The molecule has 0 bridgehead atoms. The maximum absolute atomic E-state index is 13.3. The van der Waals surface area contributed by atoms with Crippen molar-refractivity contribution in [3.05, 3.63) is 66.2 Å². The average Bonchev–Trinajstić information content (AvgIpc) is 2.88. The predicted octanol–water partition coefficient (Wildman–Crippen LogP) is 2.92. The minimum atomic E-state index is -0.416. The molecule has 3 heterocycles. The zero-order valence-corrected chi connectivity index (χ0v) is 19.5. The molecule has 178 valence electrons. The standard InChI is InChI=1S/C25H28N4O5/c1-17-11-22(32-2)21(13-26-17)28-9-10-29(18(15-28)16-30)25(31)20-12-23(33-3)24(14-27-20)34-19-7-5-4-6-8-19/h4-8,11-14,18,30H,9-10,15-16H2,1-3H3/t18-/m0/s1. The number of anilines is 1. The second-order valence-corrected chi connectivity index (χ2v) is 7.91. The number of carbonyl (C=O) groups excluding carboxylic acids is 1. The first kappa shape index (κ1) is 23.3. The lowest BCUT2D eigenvalue weighted by Gasteiger charge is -2.41. The third-order valence-electron chi connectivity index (χ3n) is 5.74. The molecule has 9 heteroatoms. The number of carbonyl (C=O) groups is 1. The van der Waals surface area contributed by atoms with Gasteiger partial charge in [0.05, 0.1) is 44.9 Å². The van der Waals surface area contributed by atoms with E-state index in [4.69, 9.17) is 14.2 Å². The van der Waals surface area contributed by atoms with Gasteiger partial charge in [-0.05, 0) is 19.1 Å². The average molecular weight is 465 g/mol. The molecular formula is C25H28N4O5. The lowest BCUT2D eigenvalue weighted by Crippen LogP contribution is -2.57. The van der Waals surface area contributed by atoms with Gasteiger partial charge < -0.3 is 29.1 Å². The lowest BCUT2D eigenvalue weighted by atomic mass is 10.1. The fourth-order valence-electron chi connectivity index (χ4n) is 3.97. The third kappa shape index (κ3) is 4.89. The van der Waals surface area contributed by atoms with Crippen molar-refractivity contribution in [1.82, 2.24) is 14.9 Å². The van der Waals surface area contributed by atoms with Crippen molar-refractivity contribution in [2.75, 3.05) is 45.4 Å². The highest BCUT2D eigenvalue weighted by Crippen LogP contribution is 2.33. The molecule has 1 aliphatic heterocycles. The Morgan fingerprint density at radius 3 is 2.50 bits per heavy atom. The molecular weight excluding hydrogens is 436 g/mol. The van der Waals surface area contributed by atoms with Crippen LogP contribution in [0.4, 0.5) is 5.69 Å². The van der Waals surface area contributed by atoms with E-state index < -0.39 is 6.04 Å². The van der Waals surface area contributed by atoms with E-state index in [1.54, 1.807) is 24.3 Å². The maximum Gasteiger partial charge on any atom is 0.273 e. The largest absolute Gasteiger partial charge is 0.494 e. The first-order chi connectivity index (χ1) is 16.5. The van der Waals surface area contributed by atoms with Crippen LogP contribution in [0.1, 0.15) is 16.2 Å². The van der Waals surface area contributed by atoms with E-state index in [1.807, 2.05) is 43.3 Å². The zero-order chi connectivity index (χ0) is 24.1. The van der Waals surface area contributed by atoms with Crippen LogP contribution in [0.3, 0.4) is 0 Å². The first-order valence-electron chi connectivity index (χ1n) is 11.0. The van der Waals surface area contributed by atoms with E-state index in [0.29, 0.717) is 42.6 Å². The Bertz CT molecular complexity index is 1140. The van der Waals surface area contributed by atoms with Gasteiger partial charge in [0, 0.05) is 37.5 Å². The van der Waals surface area contributed by atoms with E-state index in [2.05, 4.69) is 14.9 Å². The predicted molar refractivity (Wildman–Crippen MR) is 127 cm³/mol. The minimum absolute atomic E-state index is 0.184. The van der Waals surface area contributed by atoms with Crippen molar-refractivity contribution >= 4 is 11.6 Å². The Balaban J connectivity index is 1.51. The van der Waals surface area contributed by atoms with Crippen molar-refractivity contribution in [3.8, 4) is 23.0 Å². The van der Waals surface area contributed by atoms with Gasteiger partial charge in [-0.25, -0.2) is 4.98 Å². The number of piperazine rings is 1. The number of methoxy groups -OCH3 is 2. The molecule has 2 aromatic heterocycles. The van der Waals surface area contributed by atoms with E-state index in [9.17, 15) is 9.90 Å². The maximum atomic E-state index is 13.3. The molecule has 1 N–H and O–H groups in total. The Morgan fingerprint density at radius 2 is 1.79 bits per heavy atom. The Labute approximate surface area is 198 Å². The van der Waals surface area contributed by atoms with Crippen LogP contribution in [0.2, 0.25) is 0 Å². The Hall–Kier alpha value is -3.85. The lowest BCUT2D eigenvalue weighted by molar-refractivity contribution is 0.0558. The van der Waals surface area contributed by atoms with Crippen molar-refractivity contribution in [2.24, 2.45) is 0 Å². The van der Waals surface area contributed by atoms with Gasteiger partial charge in [0.1, 0.15) is 17.2 Å². The number of aliphatic hydroxyl groups is 1. The SMILES string of the molecule is COc1cc(C(=O)N2CCN(c3cnc(C)cc3OC)C[C@H]2CO)ncc1Oc1ccccc1. The summed E-state index contributed by atoms with van der Waals surface area (Å²) in [5, 5.41) is 10.1. The summed E-state index contributed by atoms with van der Waals surface area (Å²) in [6, 6.07) is 12.3. The molecule has 0 unspecified atom stereocenters. The fraction of sp³-hybridized carbons (Fsp3) is 0.320. The Kier molecular flexibility index (Phi) is 7.12. The minimum Gasteiger partial charge on any atom is -0.494 e. The van der Waals surface area contributed by atoms with Crippen LogP contribution in [0.15, 0.2) is 54.9 Å². The summed E-state index contributed by atoms with van der Waals surface area (Å²) in [4.78, 5) is 25.7. The molecule has 1 saturated heterocycles. The zero-order valence-electron chi connectivity index (χ0n) is 19.5. The van der Waals surface area contributed by atoms with Gasteiger partial charge in [0.2, 0.25) is 0 Å². The fourth-order valence-corrected chi connectivity index (χ4v) is 3.97. The number of aliphatic hydroxyl groups excluding tert-OH is 1. The summed E-state index contributed by atoms with van der Waals surface area (Å²) >= 11 is 0. The molecule has 4 rings (SSSR count). The Morgan fingerprint density at radius 1 is 1.03 bits per heavy atom. The van der Waals surface area contributed by atoms with Crippen LogP contribution in [-0.2, 0) is 0 Å². The van der Waals surface area contributed by atoms with Crippen LogP contribution in [0.5, 0.6) is 23.0 Å². The summed E-state index contributed by atoms with van der Waals surface area (Å²) < 4.78 is 16.8. The number of benzene rings is 1. The summed E-state index contributed by atoms with van der Waals surface area (Å²) in [5.41, 5.74) is 1.91. The number of nitrogens with zero attached hydrogens (tertiary/aromatic N) is 4. The van der Waals surface area contributed by atoms with E-state index >= 15 is 0 Å². The second kappa shape index (κ2) is 10.4. The number of amides is 1. The molecule has 0 aliphatic carbocycles. The first-order valence-corrected chi connectivity index (χ1v) is 11.0. The molecule has 1 atom stereocenters. The van der Waals surface area contributed by atoms with Crippen LogP contribution >= 0.6 is 0 Å². The van der Waals surface area contributed by atoms with Crippen LogP contribution in [0.25, 0.3) is 0 Å². The van der Waals surface area contributed by atoms with Gasteiger partial charge in [0.15, 0.2) is 11.5 Å². The summed E-state index contributed by atoms with van der Waals surface area (Å²) in [6.07, 6.45) is 3.24. The van der Waals surface area contributed by atoms with Crippen molar-refractivity contribution < 1.29 is 24.1 Å². The summed E-state index contributed by atoms with van der Waals surface area (Å²) in [5.74, 6) is 1.88. The van der Waals surface area contributed by atoms with Gasteiger partial charge in [-0.2, -0.15) is 0 Å². The number of hydrogen-bond donors (Lipinski definition) is 1. The van der Waals surface area contributed by atoms with Crippen molar-refractivity contribution in [3.63, 3.8) is 0 Å². The van der Waals surface area contributed by atoms with Crippen molar-refractivity contribution in [2.45, 2.75) is 13.0 Å². The second-order valence-electron chi connectivity index (χ2n) is 7.91. The van der Waals surface area contributed by atoms with Crippen molar-refractivity contribution in [1.29, 1.82) is 0 Å². The highest BCUT2D eigenvalue weighted by molar-refractivity contribution is 5.93. The van der Waals surface area contributed by atoms with E-state index in [-0.39, 0.29) is 18.2 Å². The number of rotatable bonds is 7. The molecule has 0 saturated carbocycles. The molecule has 0 spiro atoms. The number of hydrogen-bond acceptors (Lipinski definition) is 8. The molecule has 1 amide bonds. The molecule has 0 radical (unpaired) electrons. The number of aryl methyl sites for hydroxylation is 1. The van der Waals surface area contributed by atoms with Crippen LogP contribution in [-0.4, -0.2) is 72.4 Å². The smallest absolute Gasteiger partial charge is 0.273 e. The van der Waals surface area contributed by atoms with Gasteiger partial charge in [0.25, 0.3) is 5.91 Å². The number of aromatic nitrogens is 2. The van der Waals surface area contributed by atoms with E-state index in [0.717, 1.165) is 11.4 Å². The topological polar surface area (TPSA) is 97.3 Å². The number of ether oxygens (including phenoxy) is 3. The van der Waals surface area contributed by atoms with Gasteiger partial charge in [-0.15, -0.1) is 0 Å². The highest BCUT2D eigenvalue weighted by atomic mass is 16.5. The number of para-hydroxylation sites is 1. The summed E-state index contributed by atoms with van der Waals surface area (Å²) in [6.45, 7) is 3.13.